The van der Waals surface area contributed by atoms with Crippen molar-refractivity contribution in [2.75, 3.05) is 0 Å². The van der Waals surface area contributed by atoms with Crippen molar-refractivity contribution in [3.63, 3.8) is 0 Å². The molecule has 0 aliphatic heterocycles. The number of carboxylic acid groups (broad SMARTS) is 1. The first kappa shape index (κ1) is 22.6. The van der Waals surface area contributed by atoms with E-state index in [4.69, 9.17) is 9.90 Å². The van der Waals surface area contributed by atoms with Crippen molar-refractivity contribution >= 4 is 18.3 Å². The first-order valence-electron chi connectivity index (χ1n) is 9.91. The Morgan fingerprint density at radius 3 is 2.47 bits per heavy atom. The van der Waals surface area contributed by atoms with Crippen LogP contribution >= 0.6 is 0 Å². The van der Waals surface area contributed by atoms with Crippen LogP contribution in [0.4, 0.5) is 4.39 Å². The van der Waals surface area contributed by atoms with Gasteiger partial charge in [-0.25, -0.2) is 4.39 Å². The summed E-state index contributed by atoms with van der Waals surface area (Å²) in [7, 11) is 0. The highest BCUT2D eigenvalue weighted by molar-refractivity contribution is 6.00. The average molecular weight is 439 g/mol. The minimum atomic E-state index is -0.384. The minimum Gasteiger partial charge on any atom is -0.483 e. The lowest BCUT2D eigenvalue weighted by molar-refractivity contribution is -0.122. The fourth-order valence-electron chi connectivity index (χ4n) is 3.59. The van der Waals surface area contributed by atoms with E-state index in [1.807, 2.05) is 0 Å². The molecular weight excluding hydrogens is 417 g/mol. The predicted octanol–water partition coefficient (Wildman–Crippen LogP) is 2.39. The highest BCUT2D eigenvalue weighted by Crippen LogP contribution is 2.24. The zero-order valence-corrected chi connectivity index (χ0v) is 17.0. The number of aromatic nitrogens is 3. The molecule has 1 fully saturated rings. The Balaban J connectivity index is 0.000000913. The predicted molar refractivity (Wildman–Crippen MR) is 113 cm³/mol. The number of rotatable bonds is 5. The zero-order chi connectivity index (χ0) is 22.9. The van der Waals surface area contributed by atoms with Gasteiger partial charge in [0.05, 0.1) is 17.5 Å². The molecule has 4 rings (SSSR count). The third-order valence-corrected chi connectivity index (χ3v) is 5.00. The fourth-order valence-corrected chi connectivity index (χ4v) is 3.59. The molecule has 2 heterocycles. The van der Waals surface area contributed by atoms with Gasteiger partial charge in [-0.05, 0) is 43.5 Å². The quantitative estimate of drug-likeness (QED) is 0.451. The number of amides is 2. The molecule has 3 aromatic rings. The molecule has 2 atom stereocenters. The van der Waals surface area contributed by atoms with Gasteiger partial charge in [-0.1, -0.05) is 18.2 Å². The highest BCUT2D eigenvalue weighted by Gasteiger charge is 2.28. The Hall–Kier alpha value is -4.08. The third-order valence-electron chi connectivity index (χ3n) is 5.00. The Morgan fingerprint density at radius 1 is 1.09 bits per heavy atom. The van der Waals surface area contributed by atoms with Crippen LogP contribution in [0.1, 0.15) is 40.1 Å². The number of hydrogen-bond acceptors (Lipinski definition) is 5. The zero-order valence-electron chi connectivity index (χ0n) is 17.0. The number of carbonyl (C=O) groups excluding carboxylic acids is 2. The van der Waals surface area contributed by atoms with Crippen molar-refractivity contribution in [1.29, 1.82) is 0 Å². The molecule has 10 heteroatoms. The number of aromatic amines is 1. The molecule has 1 saturated carbocycles. The Morgan fingerprint density at radius 2 is 1.81 bits per heavy atom. The van der Waals surface area contributed by atoms with Crippen LogP contribution in [0.3, 0.4) is 0 Å². The first-order valence-corrected chi connectivity index (χ1v) is 9.91. The molecule has 0 bridgehead atoms. The molecule has 32 heavy (non-hydrogen) atoms. The van der Waals surface area contributed by atoms with E-state index < -0.39 is 0 Å². The lowest BCUT2D eigenvalue weighted by atomic mass is 10.1. The maximum absolute atomic E-state index is 13.5. The van der Waals surface area contributed by atoms with Gasteiger partial charge in [0.15, 0.2) is 0 Å². The van der Waals surface area contributed by atoms with Crippen LogP contribution in [-0.4, -0.2) is 50.7 Å². The summed E-state index contributed by atoms with van der Waals surface area (Å²) in [6, 6.07) is 11.1. The standard InChI is InChI=1S/C21H20FN5O2.CH2O2/c22-14-5-3-4-13(10-14)19-17(12-24-27-19)20(28)25-15-7-8-16(11-15)26-21(29)18-6-1-2-9-23-18;2-1-3/h1-6,9-10,12,15-16H,7-8,11H2,(H,24,27)(H,25,28)(H,26,29);1H,(H,2,3)/t15-,16+;/m0./s1. The number of pyridine rings is 1. The molecule has 9 nitrogen and oxygen atoms in total. The minimum absolute atomic E-state index is 0.0261. The van der Waals surface area contributed by atoms with Crippen LogP contribution in [-0.2, 0) is 4.79 Å². The normalized spacial score (nSPS) is 17.0. The Labute approximate surface area is 183 Å². The summed E-state index contributed by atoms with van der Waals surface area (Å²) in [6.45, 7) is -0.250. The molecule has 0 saturated heterocycles. The molecule has 1 aliphatic rings. The van der Waals surface area contributed by atoms with Gasteiger partial charge in [-0.2, -0.15) is 5.10 Å². The number of carbonyl (C=O) groups is 3. The van der Waals surface area contributed by atoms with Crippen molar-refractivity contribution in [2.24, 2.45) is 0 Å². The molecule has 1 aromatic carbocycles. The van der Waals surface area contributed by atoms with E-state index in [1.165, 1.54) is 18.3 Å². The van der Waals surface area contributed by atoms with Crippen molar-refractivity contribution < 1.29 is 23.9 Å². The van der Waals surface area contributed by atoms with E-state index in [0.717, 1.165) is 12.8 Å². The SMILES string of the molecule is O=C(N[C@@H]1CC[C@H](NC(=O)c2cn[nH]c2-c2cccc(F)c2)C1)c1ccccn1.O=CO. The van der Waals surface area contributed by atoms with Crippen molar-refractivity contribution in [2.45, 2.75) is 31.3 Å². The second-order valence-corrected chi connectivity index (χ2v) is 7.14. The van der Waals surface area contributed by atoms with Gasteiger partial charge < -0.3 is 15.7 Å². The van der Waals surface area contributed by atoms with Gasteiger partial charge >= 0.3 is 0 Å². The number of hydrogen-bond donors (Lipinski definition) is 4. The van der Waals surface area contributed by atoms with E-state index in [1.54, 1.807) is 36.5 Å². The Bertz CT molecular complexity index is 1070. The van der Waals surface area contributed by atoms with Crippen LogP contribution < -0.4 is 10.6 Å². The highest BCUT2D eigenvalue weighted by atomic mass is 19.1. The largest absolute Gasteiger partial charge is 0.483 e. The second-order valence-electron chi connectivity index (χ2n) is 7.14. The fraction of sp³-hybridized carbons (Fsp3) is 0.227. The summed E-state index contributed by atoms with van der Waals surface area (Å²) in [5, 5.41) is 19.5. The topological polar surface area (TPSA) is 137 Å². The second kappa shape index (κ2) is 10.8. The molecule has 0 radical (unpaired) electrons. The summed E-state index contributed by atoms with van der Waals surface area (Å²) >= 11 is 0. The van der Waals surface area contributed by atoms with Gasteiger partial charge in [-0.3, -0.25) is 24.5 Å². The lowest BCUT2D eigenvalue weighted by Gasteiger charge is -2.14. The van der Waals surface area contributed by atoms with Crippen LogP contribution in [0, 0.1) is 5.82 Å². The summed E-state index contributed by atoms with van der Waals surface area (Å²) in [5.41, 5.74) is 1.76. The van der Waals surface area contributed by atoms with E-state index in [9.17, 15) is 14.0 Å². The summed E-state index contributed by atoms with van der Waals surface area (Å²) in [5.74, 6) is -0.878. The molecule has 2 amide bonds. The summed E-state index contributed by atoms with van der Waals surface area (Å²) < 4.78 is 13.5. The monoisotopic (exact) mass is 439 g/mol. The maximum Gasteiger partial charge on any atom is 0.290 e. The number of halogens is 1. The van der Waals surface area contributed by atoms with Gasteiger partial charge in [0.2, 0.25) is 0 Å². The average Bonchev–Trinajstić information content (AvgIpc) is 3.45. The molecule has 1 aliphatic carbocycles. The molecule has 0 spiro atoms. The molecular formula is C22H22FN5O4. The molecule has 4 N–H and O–H groups in total. The summed E-state index contributed by atoms with van der Waals surface area (Å²) in [6.07, 6.45) is 5.17. The van der Waals surface area contributed by atoms with E-state index in [-0.39, 0.29) is 36.2 Å². The van der Waals surface area contributed by atoms with Crippen LogP contribution in [0.5, 0.6) is 0 Å². The van der Waals surface area contributed by atoms with Crippen LogP contribution in [0.2, 0.25) is 0 Å². The van der Waals surface area contributed by atoms with Gasteiger partial charge in [0.1, 0.15) is 11.5 Å². The van der Waals surface area contributed by atoms with E-state index >= 15 is 0 Å². The van der Waals surface area contributed by atoms with Gasteiger partial charge in [0.25, 0.3) is 18.3 Å². The van der Waals surface area contributed by atoms with Gasteiger partial charge in [-0.15, -0.1) is 0 Å². The van der Waals surface area contributed by atoms with E-state index in [2.05, 4.69) is 25.8 Å². The van der Waals surface area contributed by atoms with Crippen molar-refractivity contribution in [1.82, 2.24) is 25.8 Å². The van der Waals surface area contributed by atoms with Gasteiger partial charge in [0, 0.05) is 23.8 Å². The van der Waals surface area contributed by atoms with Crippen molar-refractivity contribution in [3.05, 3.63) is 71.9 Å². The van der Waals surface area contributed by atoms with Crippen molar-refractivity contribution in [3.8, 4) is 11.3 Å². The first-order chi connectivity index (χ1) is 15.5. The Kier molecular flexibility index (Phi) is 7.63. The number of benzene rings is 1. The summed E-state index contributed by atoms with van der Waals surface area (Å²) in [4.78, 5) is 37.4. The van der Waals surface area contributed by atoms with E-state index in [0.29, 0.717) is 28.9 Å². The number of H-pyrrole nitrogens is 1. The number of nitrogens with zero attached hydrogens (tertiary/aromatic N) is 2. The third kappa shape index (κ3) is 5.75. The molecule has 166 valence electrons. The molecule has 2 aromatic heterocycles. The van der Waals surface area contributed by atoms with Crippen LogP contribution in [0.25, 0.3) is 11.3 Å². The smallest absolute Gasteiger partial charge is 0.290 e. The lowest BCUT2D eigenvalue weighted by Crippen LogP contribution is -2.37. The molecule has 0 unspecified atom stereocenters. The number of nitrogens with one attached hydrogen (secondary N) is 3. The van der Waals surface area contributed by atoms with Crippen LogP contribution in [0.15, 0.2) is 54.9 Å². The maximum atomic E-state index is 13.5.